The van der Waals surface area contributed by atoms with Gasteiger partial charge in [-0.15, -0.1) is 0 Å². The number of benzene rings is 1. The van der Waals surface area contributed by atoms with Gasteiger partial charge in [0.15, 0.2) is 0 Å². The van der Waals surface area contributed by atoms with E-state index in [2.05, 4.69) is 11.0 Å². The van der Waals surface area contributed by atoms with Gasteiger partial charge in [-0.2, -0.15) is 0 Å². The topological polar surface area (TPSA) is 49.6 Å². The van der Waals surface area contributed by atoms with E-state index in [1.54, 1.807) is 0 Å². The Kier molecular flexibility index (Phi) is 3.92. The van der Waals surface area contributed by atoms with Crippen molar-refractivity contribution < 1.29 is 4.79 Å². The third kappa shape index (κ3) is 2.96. The van der Waals surface area contributed by atoms with E-state index in [9.17, 15) is 4.79 Å². The lowest BCUT2D eigenvalue weighted by atomic mass is 9.99. The number of amides is 1. The molecule has 3 rings (SSSR count). The molecule has 1 amide bonds. The number of likely N-dealkylation sites (tertiary alicyclic amines) is 1. The number of nitrogen functional groups attached to an aromatic ring is 1. The molecule has 1 fully saturated rings. The van der Waals surface area contributed by atoms with Crippen molar-refractivity contribution in [2.24, 2.45) is 0 Å². The van der Waals surface area contributed by atoms with Crippen LogP contribution in [0.25, 0.3) is 0 Å². The minimum absolute atomic E-state index is 0.289. The Labute approximate surface area is 120 Å². The van der Waals surface area contributed by atoms with Gasteiger partial charge in [-0.25, -0.2) is 0 Å². The average molecular weight is 273 g/mol. The van der Waals surface area contributed by atoms with Crippen LogP contribution in [0, 0.1) is 0 Å². The number of piperidine rings is 1. The van der Waals surface area contributed by atoms with Crippen molar-refractivity contribution in [3.63, 3.8) is 0 Å². The van der Waals surface area contributed by atoms with Crippen LogP contribution in [0.15, 0.2) is 18.2 Å². The molecule has 0 bridgehead atoms. The van der Waals surface area contributed by atoms with Crippen molar-refractivity contribution in [1.29, 1.82) is 0 Å². The summed E-state index contributed by atoms with van der Waals surface area (Å²) in [7, 11) is 0. The molecule has 4 heteroatoms. The molecule has 0 aromatic heterocycles. The summed E-state index contributed by atoms with van der Waals surface area (Å²) in [5.41, 5.74) is 9.32. The minimum atomic E-state index is 0.289. The summed E-state index contributed by atoms with van der Waals surface area (Å²) in [4.78, 5) is 16.6. The highest BCUT2D eigenvalue weighted by molar-refractivity contribution is 5.78. The summed E-state index contributed by atoms with van der Waals surface area (Å²) < 4.78 is 0. The molecule has 2 N–H and O–H groups in total. The molecule has 2 aliphatic rings. The predicted molar refractivity (Wildman–Crippen MR) is 80.3 cm³/mol. The average Bonchev–Trinajstić information content (AvgIpc) is 2.47. The molecule has 0 radical (unpaired) electrons. The van der Waals surface area contributed by atoms with Crippen molar-refractivity contribution >= 4 is 11.6 Å². The molecule has 1 saturated heterocycles. The second kappa shape index (κ2) is 5.83. The number of hydrogen-bond donors (Lipinski definition) is 1. The highest BCUT2D eigenvalue weighted by atomic mass is 16.2. The molecular weight excluding hydrogens is 250 g/mol. The molecule has 0 aliphatic carbocycles. The van der Waals surface area contributed by atoms with Crippen LogP contribution in [-0.4, -0.2) is 41.9 Å². The molecule has 1 aromatic rings. The Balaban J connectivity index is 1.60. The number of nitrogens with two attached hydrogens (primary N) is 1. The number of fused-ring (bicyclic) bond motifs is 1. The summed E-state index contributed by atoms with van der Waals surface area (Å²) in [5.74, 6) is 0.289. The van der Waals surface area contributed by atoms with Crippen molar-refractivity contribution in [2.45, 2.75) is 32.2 Å². The van der Waals surface area contributed by atoms with Gasteiger partial charge in [-0.3, -0.25) is 9.69 Å². The highest BCUT2D eigenvalue weighted by Crippen LogP contribution is 2.21. The fraction of sp³-hybridized carbons (Fsp3) is 0.562. The molecule has 108 valence electrons. The number of carbonyl (C=O) groups is 1. The predicted octanol–water partition coefficient (Wildman–Crippen LogP) is 1.64. The Morgan fingerprint density at radius 1 is 1.10 bits per heavy atom. The van der Waals surface area contributed by atoms with Crippen molar-refractivity contribution in [1.82, 2.24) is 9.80 Å². The maximum absolute atomic E-state index is 12.3. The Hall–Kier alpha value is -1.55. The van der Waals surface area contributed by atoms with Gasteiger partial charge < -0.3 is 10.6 Å². The summed E-state index contributed by atoms with van der Waals surface area (Å²) in [6.45, 7) is 4.25. The normalized spacial score (nSPS) is 19.7. The first-order valence-corrected chi connectivity index (χ1v) is 7.60. The molecule has 1 aromatic carbocycles. The first-order chi connectivity index (χ1) is 9.72. The van der Waals surface area contributed by atoms with E-state index >= 15 is 0 Å². The van der Waals surface area contributed by atoms with E-state index in [-0.39, 0.29) is 5.91 Å². The largest absolute Gasteiger partial charge is 0.399 e. The van der Waals surface area contributed by atoms with E-state index in [0.29, 0.717) is 6.54 Å². The van der Waals surface area contributed by atoms with Crippen LogP contribution in [-0.2, 0) is 17.8 Å². The third-order valence-corrected chi connectivity index (χ3v) is 4.39. The van der Waals surface area contributed by atoms with Crippen LogP contribution in [0.2, 0.25) is 0 Å². The summed E-state index contributed by atoms with van der Waals surface area (Å²) in [5, 5.41) is 0. The van der Waals surface area contributed by atoms with Gasteiger partial charge in [0.25, 0.3) is 0 Å². The highest BCUT2D eigenvalue weighted by Gasteiger charge is 2.22. The second-order valence-electron chi connectivity index (χ2n) is 5.93. The van der Waals surface area contributed by atoms with Crippen molar-refractivity contribution in [3.05, 3.63) is 29.3 Å². The zero-order chi connectivity index (χ0) is 13.9. The third-order valence-electron chi connectivity index (χ3n) is 4.39. The molecule has 2 aliphatic heterocycles. The quantitative estimate of drug-likeness (QED) is 0.833. The van der Waals surface area contributed by atoms with Crippen LogP contribution >= 0.6 is 0 Å². The minimum Gasteiger partial charge on any atom is -0.399 e. The SMILES string of the molecule is Nc1ccc2c(c1)CN(CC(=O)N1CCCCC1)CC2. The van der Waals surface area contributed by atoms with Crippen LogP contribution in [0.3, 0.4) is 0 Å². The summed E-state index contributed by atoms with van der Waals surface area (Å²) >= 11 is 0. The Morgan fingerprint density at radius 2 is 1.90 bits per heavy atom. The zero-order valence-electron chi connectivity index (χ0n) is 12.0. The summed E-state index contributed by atoms with van der Waals surface area (Å²) in [6, 6.07) is 6.13. The molecule has 2 heterocycles. The number of nitrogens with zero attached hydrogens (tertiary/aromatic N) is 2. The zero-order valence-corrected chi connectivity index (χ0v) is 12.0. The van der Waals surface area contributed by atoms with Gasteiger partial charge in [-0.1, -0.05) is 6.07 Å². The van der Waals surface area contributed by atoms with Gasteiger partial charge in [0.05, 0.1) is 6.54 Å². The number of hydrogen-bond acceptors (Lipinski definition) is 3. The van der Waals surface area contributed by atoms with E-state index < -0.39 is 0 Å². The lowest BCUT2D eigenvalue weighted by Crippen LogP contribution is -2.44. The Bertz CT molecular complexity index is 494. The van der Waals surface area contributed by atoms with Crippen molar-refractivity contribution in [2.75, 3.05) is 31.9 Å². The molecule has 20 heavy (non-hydrogen) atoms. The first kappa shape index (κ1) is 13.4. The monoisotopic (exact) mass is 273 g/mol. The number of anilines is 1. The molecule has 0 saturated carbocycles. The van der Waals surface area contributed by atoms with Gasteiger partial charge in [0.2, 0.25) is 5.91 Å². The van der Waals surface area contributed by atoms with Gasteiger partial charge in [0.1, 0.15) is 0 Å². The van der Waals surface area contributed by atoms with Crippen LogP contribution in [0.4, 0.5) is 5.69 Å². The maximum atomic E-state index is 12.3. The smallest absolute Gasteiger partial charge is 0.236 e. The van der Waals surface area contributed by atoms with Crippen LogP contribution < -0.4 is 5.73 Å². The van der Waals surface area contributed by atoms with Gasteiger partial charge in [0, 0.05) is 31.9 Å². The van der Waals surface area contributed by atoms with E-state index in [4.69, 9.17) is 5.73 Å². The van der Waals surface area contributed by atoms with E-state index in [1.165, 1.54) is 17.5 Å². The van der Waals surface area contributed by atoms with E-state index in [1.807, 2.05) is 17.0 Å². The standard InChI is InChI=1S/C16H23N3O/c17-15-5-4-13-6-9-18(11-14(13)10-15)12-16(20)19-7-2-1-3-8-19/h4-5,10H,1-3,6-9,11-12,17H2. The maximum Gasteiger partial charge on any atom is 0.236 e. The van der Waals surface area contributed by atoms with Crippen LogP contribution in [0.5, 0.6) is 0 Å². The lowest BCUT2D eigenvalue weighted by Gasteiger charge is -2.32. The van der Waals surface area contributed by atoms with Crippen LogP contribution in [0.1, 0.15) is 30.4 Å². The lowest BCUT2D eigenvalue weighted by molar-refractivity contribution is -0.133. The fourth-order valence-electron chi connectivity index (χ4n) is 3.21. The first-order valence-electron chi connectivity index (χ1n) is 7.60. The summed E-state index contributed by atoms with van der Waals surface area (Å²) in [6.07, 6.45) is 4.60. The Morgan fingerprint density at radius 3 is 2.70 bits per heavy atom. The van der Waals surface area contributed by atoms with Crippen molar-refractivity contribution in [3.8, 4) is 0 Å². The van der Waals surface area contributed by atoms with Gasteiger partial charge >= 0.3 is 0 Å². The van der Waals surface area contributed by atoms with E-state index in [0.717, 1.165) is 51.1 Å². The molecule has 0 atom stereocenters. The molecular formula is C16H23N3O. The number of rotatable bonds is 2. The number of carbonyl (C=O) groups excluding carboxylic acids is 1. The molecule has 0 unspecified atom stereocenters. The molecule has 4 nitrogen and oxygen atoms in total. The van der Waals surface area contributed by atoms with Gasteiger partial charge in [-0.05, 0) is 48.9 Å². The molecule has 0 spiro atoms. The fourth-order valence-corrected chi connectivity index (χ4v) is 3.21. The second-order valence-corrected chi connectivity index (χ2v) is 5.93.